The average Bonchev–Trinajstić information content (AvgIpc) is 1.99. The Morgan fingerprint density at radius 1 is 1.55 bits per heavy atom. The van der Waals surface area contributed by atoms with Crippen molar-refractivity contribution in [1.29, 1.82) is 0 Å². The smallest absolute Gasteiger partial charge is 0.150 e. The maximum atomic E-state index is 12.7. The molecule has 0 bridgehead atoms. The first-order valence-corrected chi connectivity index (χ1v) is 3.16. The molecule has 1 aromatic carbocycles. The molecule has 0 saturated carbocycles. The van der Waals surface area contributed by atoms with Gasteiger partial charge in [-0.3, -0.25) is 4.79 Å². The molecular formula is C8H8FNO. The van der Waals surface area contributed by atoms with Gasteiger partial charge in [0.05, 0.1) is 5.69 Å². The van der Waals surface area contributed by atoms with Crippen LogP contribution in [0.4, 0.5) is 10.1 Å². The minimum atomic E-state index is -0.535. The van der Waals surface area contributed by atoms with Gasteiger partial charge < -0.3 is 5.73 Å². The number of benzene rings is 1. The number of aldehydes is 1. The number of hydrogen-bond acceptors (Lipinski definition) is 2. The standard InChI is InChI=1S/C8H8FNO/c1-5-2-6(4-11)3-7(9)8(5)10/h2-4H,10H2,1H3. The summed E-state index contributed by atoms with van der Waals surface area (Å²) in [4.78, 5) is 10.2. The molecule has 0 aliphatic heterocycles. The lowest BCUT2D eigenvalue weighted by Crippen LogP contribution is -1.96. The molecular weight excluding hydrogens is 145 g/mol. The zero-order chi connectivity index (χ0) is 8.43. The topological polar surface area (TPSA) is 43.1 Å². The van der Waals surface area contributed by atoms with E-state index in [1.54, 1.807) is 13.0 Å². The Morgan fingerprint density at radius 3 is 2.64 bits per heavy atom. The Hall–Kier alpha value is -1.38. The molecule has 0 fully saturated rings. The van der Waals surface area contributed by atoms with Gasteiger partial charge >= 0.3 is 0 Å². The third kappa shape index (κ3) is 1.37. The Morgan fingerprint density at radius 2 is 2.18 bits per heavy atom. The summed E-state index contributed by atoms with van der Waals surface area (Å²) < 4.78 is 12.7. The van der Waals surface area contributed by atoms with Crippen LogP contribution in [0.5, 0.6) is 0 Å². The number of carbonyl (C=O) groups is 1. The molecule has 2 nitrogen and oxygen atoms in total. The van der Waals surface area contributed by atoms with Gasteiger partial charge in [-0.2, -0.15) is 0 Å². The molecule has 2 N–H and O–H groups in total. The van der Waals surface area contributed by atoms with Gasteiger partial charge in [0.15, 0.2) is 0 Å². The van der Waals surface area contributed by atoms with E-state index in [0.717, 1.165) is 6.07 Å². The van der Waals surface area contributed by atoms with Crippen molar-refractivity contribution < 1.29 is 9.18 Å². The van der Waals surface area contributed by atoms with E-state index in [1.807, 2.05) is 0 Å². The van der Waals surface area contributed by atoms with Crippen molar-refractivity contribution in [2.75, 3.05) is 5.73 Å². The summed E-state index contributed by atoms with van der Waals surface area (Å²) in [6.07, 6.45) is 0.593. The molecule has 0 unspecified atom stereocenters. The van der Waals surface area contributed by atoms with Crippen LogP contribution >= 0.6 is 0 Å². The second kappa shape index (κ2) is 2.70. The first-order chi connectivity index (χ1) is 5.15. The van der Waals surface area contributed by atoms with Gasteiger partial charge in [0.2, 0.25) is 0 Å². The first kappa shape index (κ1) is 7.72. The van der Waals surface area contributed by atoms with E-state index in [2.05, 4.69) is 0 Å². The van der Waals surface area contributed by atoms with Crippen LogP contribution in [0.1, 0.15) is 15.9 Å². The van der Waals surface area contributed by atoms with Crippen LogP contribution in [0.2, 0.25) is 0 Å². The van der Waals surface area contributed by atoms with Crippen LogP contribution in [0, 0.1) is 12.7 Å². The second-order valence-corrected chi connectivity index (χ2v) is 2.35. The van der Waals surface area contributed by atoms with Gasteiger partial charge in [0, 0.05) is 5.56 Å². The summed E-state index contributed by atoms with van der Waals surface area (Å²) in [5.74, 6) is -0.535. The highest BCUT2D eigenvalue weighted by atomic mass is 19.1. The van der Waals surface area contributed by atoms with Crippen molar-refractivity contribution >= 4 is 12.0 Å². The molecule has 3 heteroatoms. The number of hydrogen-bond donors (Lipinski definition) is 1. The Balaban J connectivity index is 3.31. The van der Waals surface area contributed by atoms with Gasteiger partial charge in [0.25, 0.3) is 0 Å². The van der Waals surface area contributed by atoms with Gasteiger partial charge in [0.1, 0.15) is 12.1 Å². The first-order valence-electron chi connectivity index (χ1n) is 3.16. The highest BCUT2D eigenvalue weighted by Crippen LogP contribution is 2.16. The molecule has 58 valence electrons. The van der Waals surface area contributed by atoms with Crippen molar-refractivity contribution in [3.63, 3.8) is 0 Å². The number of nitrogens with two attached hydrogens (primary N) is 1. The van der Waals surface area contributed by atoms with Crippen LogP contribution in [-0.4, -0.2) is 6.29 Å². The van der Waals surface area contributed by atoms with Crippen molar-refractivity contribution in [1.82, 2.24) is 0 Å². The highest BCUT2D eigenvalue weighted by molar-refractivity contribution is 5.76. The van der Waals surface area contributed by atoms with Gasteiger partial charge in [-0.1, -0.05) is 0 Å². The molecule has 0 aromatic heterocycles. The maximum Gasteiger partial charge on any atom is 0.150 e. The SMILES string of the molecule is Cc1cc(C=O)cc(F)c1N. The van der Waals surface area contributed by atoms with Gasteiger partial charge in [-0.25, -0.2) is 4.39 Å². The van der Waals surface area contributed by atoms with Gasteiger partial charge in [-0.05, 0) is 24.6 Å². The monoisotopic (exact) mass is 153 g/mol. The summed E-state index contributed by atoms with van der Waals surface area (Å²) in [5, 5.41) is 0. The zero-order valence-corrected chi connectivity index (χ0v) is 6.10. The molecule has 1 rings (SSSR count). The predicted octanol–water partition coefficient (Wildman–Crippen LogP) is 1.53. The van der Waals surface area contributed by atoms with Crippen LogP contribution < -0.4 is 5.73 Å². The lowest BCUT2D eigenvalue weighted by molar-refractivity contribution is 0.112. The zero-order valence-electron chi connectivity index (χ0n) is 6.10. The third-order valence-electron chi connectivity index (χ3n) is 1.49. The molecule has 0 amide bonds. The van der Waals surface area contributed by atoms with Gasteiger partial charge in [-0.15, -0.1) is 0 Å². The fourth-order valence-corrected chi connectivity index (χ4v) is 0.850. The van der Waals surface area contributed by atoms with E-state index in [9.17, 15) is 9.18 Å². The van der Waals surface area contributed by atoms with Crippen LogP contribution in [0.3, 0.4) is 0 Å². The summed E-state index contributed by atoms with van der Waals surface area (Å²) >= 11 is 0. The number of nitrogen functional groups attached to an aromatic ring is 1. The van der Waals surface area contributed by atoms with E-state index >= 15 is 0 Å². The van der Waals surface area contributed by atoms with Crippen molar-refractivity contribution in [2.45, 2.75) is 6.92 Å². The van der Waals surface area contributed by atoms with Crippen molar-refractivity contribution in [3.05, 3.63) is 29.1 Å². The minimum absolute atomic E-state index is 0.107. The number of rotatable bonds is 1. The number of carbonyl (C=O) groups excluding carboxylic acids is 1. The number of aryl methyl sites for hydroxylation is 1. The van der Waals surface area contributed by atoms with E-state index < -0.39 is 5.82 Å². The number of anilines is 1. The summed E-state index contributed by atoms with van der Waals surface area (Å²) in [6.45, 7) is 1.66. The molecule has 0 saturated heterocycles. The lowest BCUT2D eigenvalue weighted by atomic mass is 10.1. The minimum Gasteiger partial charge on any atom is -0.396 e. The Bertz CT molecular complexity index is 273. The molecule has 0 aliphatic carbocycles. The highest BCUT2D eigenvalue weighted by Gasteiger charge is 2.02. The Kier molecular flexibility index (Phi) is 1.89. The molecule has 0 atom stereocenters. The largest absolute Gasteiger partial charge is 0.396 e. The predicted molar refractivity (Wildman–Crippen MR) is 40.9 cm³/mol. The van der Waals surface area contributed by atoms with E-state index in [0.29, 0.717) is 17.4 Å². The van der Waals surface area contributed by atoms with E-state index in [1.165, 1.54) is 0 Å². The molecule has 11 heavy (non-hydrogen) atoms. The second-order valence-electron chi connectivity index (χ2n) is 2.35. The molecule has 0 aliphatic rings. The normalized spacial score (nSPS) is 9.64. The van der Waals surface area contributed by atoms with Crippen LogP contribution in [0.15, 0.2) is 12.1 Å². The summed E-state index contributed by atoms with van der Waals surface area (Å²) in [6, 6.07) is 2.67. The van der Waals surface area contributed by atoms with Crippen LogP contribution in [0.25, 0.3) is 0 Å². The van der Waals surface area contributed by atoms with E-state index in [4.69, 9.17) is 5.73 Å². The molecule has 0 spiro atoms. The summed E-state index contributed by atoms with van der Waals surface area (Å²) in [7, 11) is 0. The van der Waals surface area contributed by atoms with Crippen LogP contribution in [-0.2, 0) is 0 Å². The maximum absolute atomic E-state index is 12.7. The quantitative estimate of drug-likeness (QED) is 0.491. The van der Waals surface area contributed by atoms with Crippen molar-refractivity contribution in [3.8, 4) is 0 Å². The fraction of sp³-hybridized carbons (Fsp3) is 0.125. The third-order valence-corrected chi connectivity index (χ3v) is 1.49. The molecule has 0 heterocycles. The lowest BCUT2D eigenvalue weighted by Gasteiger charge is -2.01. The van der Waals surface area contributed by atoms with E-state index in [-0.39, 0.29) is 5.69 Å². The molecule has 0 radical (unpaired) electrons. The molecule has 1 aromatic rings. The summed E-state index contributed by atoms with van der Waals surface area (Å²) in [5.41, 5.74) is 6.33. The number of halogens is 1. The van der Waals surface area contributed by atoms with Crippen molar-refractivity contribution in [2.24, 2.45) is 0 Å². The average molecular weight is 153 g/mol. The Labute approximate surface area is 63.8 Å². The fourth-order valence-electron chi connectivity index (χ4n) is 0.850.